The van der Waals surface area contributed by atoms with E-state index in [-0.39, 0.29) is 0 Å². The SMILES string of the molecule is CC(C)c1nnc(N2CCC(c3nccn3Cc3ccccn3)CC2)s1. The Bertz CT molecular complexity index is 833. The van der Waals surface area contributed by atoms with Crippen molar-refractivity contribution >= 4 is 16.5 Å². The van der Waals surface area contributed by atoms with E-state index in [0.717, 1.165) is 48.3 Å². The van der Waals surface area contributed by atoms with Crippen molar-refractivity contribution in [3.05, 3.63) is 53.3 Å². The highest BCUT2D eigenvalue weighted by atomic mass is 32.1. The van der Waals surface area contributed by atoms with Crippen LogP contribution >= 0.6 is 11.3 Å². The highest BCUT2D eigenvalue weighted by Gasteiger charge is 2.26. The first-order valence-electron chi connectivity index (χ1n) is 9.20. The molecule has 0 atom stereocenters. The van der Waals surface area contributed by atoms with Crippen LogP contribution in [-0.4, -0.2) is 37.8 Å². The molecular formula is C19H24N6S. The second kappa shape index (κ2) is 7.53. The Hall–Kier alpha value is -2.28. The third kappa shape index (κ3) is 3.62. The van der Waals surface area contributed by atoms with Crippen molar-refractivity contribution < 1.29 is 0 Å². The van der Waals surface area contributed by atoms with Gasteiger partial charge in [-0.05, 0) is 25.0 Å². The third-order valence-corrected chi connectivity index (χ3v) is 6.15. The molecule has 136 valence electrons. The Balaban J connectivity index is 1.41. The summed E-state index contributed by atoms with van der Waals surface area (Å²) < 4.78 is 2.24. The zero-order valence-electron chi connectivity index (χ0n) is 15.2. The van der Waals surface area contributed by atoms with Crippen LogP contribution in [0.25, 0.3) is 0 Å². The van der Waals surface area contributed by atoms with Crippen molar-refractivity contribution in [3.8, 4) is 0 Å². The summed E-state index contributed by atoms with van der Waals surface area (Å²) in [5.74, 6) is 2.11. The highest BCUT2D eigenvalue weighted by Crippen LogP contribution is 2.32. The van der Waals surface area contributed by atoms with Crippen LogP contribution < -0.4 is 4.90 Å². The van der Waals surface area contributed by atoms with Crippen LogP contribution in [0.15, 0.2) is 36.8 Å². The number of anilines is 1. The zero-order chi connectivity index (χ0) is 17.9. The maximum absolute atomic E-state index is 4.65. The van der Waals surface area contributed by atoms with Gasteiger partial charge in [-0.2, -0.15) is 0 Å². The predicted molar refractivity (Wildman–Crippen MR) is 104 cm³/mol. The number of rotatable bonds is 5. The average Bonchev–Trinajstić information content (AvgIpc) is 3.32. The molecule has 0 aromatic carbocycles. The fourth-order valence-corrected chi connectivity index (χ4v) is 4.29. The molecule has 0 N–H and O–H groups in total. The maximum atomic E-state index is 4.65. The van der Waals surface area contributed by atoms with Crippen molar-refractivity contribution in [2.75, 3.05) is 18.0 Å². The van der Waals surface area contributed by atoms with Crippen molar-refractivity contribution in [1.29, 1.82) is 0 Å². The average molecular weight is 369 g/mol. The van der Waals surface area contributed by atoms with Crippen LogP contribution in [0.4, 0.5) is 5.13 Å². The lowest BCUT2D eigenvalue weighted by Gasteiger charge is -2.31. The fourth-order valence-electron chi connectivity index (χ4n) is 3.40. The van der Waals surface area contributed by atoms with Crippen LogP contribution in [0.2, 0.25) is 0 Å². The molecule has 4 rings (SSSR count). The summed E-state index contributed by atoms with van der Waals surface area (Å²) in [7, 11) is 0. The number of imidazole rings is 1. The summed E-state index contributed by atoms with van der Waals surface area (Å²) in [4.78, 5) is 11.5. The van der Waals surface area contributed by atoms with Crippen LogP contribution in [0.3, 0.4) is 0 Å². The van der Waals surface area contributed by atoms with Crippen LogP contribution in [0, 0.1) is 0 Å². The summed E-state index contributed by atoms with van der Waals surface area (Å²) >= 11 is 1.73. The van der Waals surface area contributed by atoms with Crippen molar-refractivity contribution in [3.63, 3.8) is 0 Å². The summed E-state index contributed by atoms with van der Waals surface area (Å²) in [6.45, 7) is 7.13. The summed E-state index contributed by atoms with van der Waals surface area (Å²) in [6, 6.07) is 6.05. The van der Waals surface area contributed by atoms with Crippen LogP contribution in [-0.2, 0) is 6.54 Å². The summed E-state index contributed by atoms with van der Waals surface area (Å²) in [5.41, 5.74) is 1.07. The van der Waals surface area contributed by atoms with E-state index in [1.807, 2.05) is 24.5 Å². The van der Waals surface area contributed by atoms with Gasteiger partial charge in [0.1, 0.15) is 10.8 Å². The standard InChI is InChI=1S/C19H24N6S/c1-14(2)18-22-23-19(26-18)24-10-6-15(7-11-24)17-21-9-12-25(17)13-16-5-3-4-8-20-16/h3-5,8-9,12,14-15H,6-7,10-11,13H2,1-2H3. The Morgan fingerprint density at radius 2 is 1.96 bits per heavy atom. The summed E-state index contributed by atoms with van der Waals surface area (Å²) in [6.07, 6.45) is 8.00. The van der Waals surface area contributed by atoms with Gasteiger partial charge in [0, 0.05) is 43.5 Å². The molecule has 0 amide bonds. The van der Waals surface area contributed by atoms with E-state index in [1.54, 1.807) is 11.3 Å². The highest BCUT2D eigenvalue weighted by molar-refractivity contribution is 7.15. The van der Waals surface area contributed by atoms with E-state index >= 15 is 0 Å². The first-order valence-corrected chi connectivity index (χ1v) is 10.0. The van der Waals surface area contributed by atoms with Gasteiger partial charge in [-0.25, -0.2) is 4.98 Å². The molecular weight excluding hydrogens is 344 g/mol. The van der Waals surface area contributed by atoms with Crippen molar-refractivity contribution in [1.82, 2.24) is 24.7 Å². The Kier molecular flexibility index (Phi) is 4.97. The topological polar surface area (TPSA) is 59.7 Å². The smallest absolute Gasteiger partial charge is 0.208 e. The molecule has 3 aromatic rings. The van der Waals surface area contributed by atoms with E-state index in [1.165, 1.54) is 5.82 Å². The van der Waals surface area contributed by atoms with Gasteiger partial charge in [-0.15, -0.1) is 10.2 Å². The quantitative estimate of drug-likeness (QED) is 0.687. The number of pyridine rings is 1. The Labute approximate surface area is 157 Å². The molecule has 4 heterocycles. The molecule has 1 aliphatic rings. The lowest BCUT2D eigenvalue weighted by atomic mass is 9.96. The molecule has 6 nitrogen and oxygen atoms in total. The molecule has 0 unspecified atom stereocenters. The van der Waals surface area contributed by atoms with Crippen LogP contribution in [0.5, 0.6) is 0 Å². The number of hydrogen-bond donors (Lipinski definition) is 0. The normalized spacial score (nSPS) is 15.7. The van der Waals surface area contributed by atoms with E-state index in [4.69, 9.17) is 0 Å². The van der Waals surface area contributed by atoms with Crippen molar-refractivity contribution in [2.45, 2.75) is 45.1 Å². The van der Waals surface area contributed by atoms with E-state index in [0.29, 0.717) is 11.8 Å². The van der Waals surface area contributed by atoms with Gasteiger partial charge in [-0.3, -0.25) is 4.98 Å². The zero-order valence-corrected chi connectivity index (χ0v) is 16.1. The minimum atomic E-state index is 0.442. The van der Waals surface area contributed by atoms with Gasteiger partial charge < -0.3 is 9.47 Å². The first kappa shape index (κ1) is 17.1. The van der Waals surface area contributed by atoms with E-state index in [9.17, 15) is 0 Å². The second-order valence-corrected chi connectivity index (χ2v) is 8.06. The van der Waals surface area contributed by atoms with Gasteiger partial charge in [0.15, 0.2) is 0 Å². The maximum Gasteiger partial charge on any atom is 0.208 e. The second-order valence-electron chi connectivity index (χ2n) is 7.07. The molecule has 3 aromatic heterocycles. The van der Waals surface area contributed by atoms with Crippen LogP contribution in [0.1, 0.15) is 55.1 Å². The summed E-state index contributed by atoms with van der Waals surface area (Å²) in [5, 5.41) is 10.9. The number of aromatic nitrogens is 5. The van der Waals surface area contributed by atoms with Gasteiger partial charge in [-0.1, -0.05) is 31.3 Å². The van der Waals surface area contributed by atoms with Gasteiger partial charge >= 0.3 is 0 Å². The third-order valence-electron chi connectivity index (χ3n) is 4.86. The first-order chi connectivity index (χ1) is 12.7. The Morgan fingerprint density at radius 1 is 1.12 bits per heavy atom. The lowest BCUT2D eigenvalue weighted by Crippen LogP contribution is -2.33. The minimum absolute atomic E-state index is 0.442. The molecule has 0 radical (unpaired) electrons. The fraction of sp³-hybridized carbons (Fsp3) is 0.474. The number of hydrogen-bond acceptors (Lipinski definition) is 6. The van der Waals surface area contributed by atoms with Gasteiger partial charge in [0.25, 0.3) is 0 Å². The molecule has 1 saturated heterocycles. The van der Waals surface area contributed by atoms with E-state index < -0.39 is 0 Å². The van der Waals surface area contributed by atoms with Crippen molar-refractivity contribution in [2.24, 2.45) is 0 Å². The number of piperidine rings is 1. The monoisotopic (exact) mass is 368 g/mol. The molecule has 1 aliphatic heterocycles. The Morgan fingerprint density at radius 3 is 2.65 bits per heavy atom. The van der Waals surface area contributed by atoms with Gasteiger partial charge in [0.05, 0.1) is 12.2 Å². The molecule has 1 fully saturated rings. The number of nitrogens with zero attached hydrogens (tertiary/aromatic N) is 6. The van der Waals surface area contributed by atoms with E-state index in [2.05, 4.69) is 55.7 Å². The molecule has 0 aliphatic carbocycles. The largest absolute Gasteiger partial charge is 0.347 e. The molecule has 0 saturated carbocycles. The lowest BCUT2D eigenvalue weighted by molar-refractivity contribution is 0.469. The predicted octanol–water partition coefficient (Wildman–Crippen LogP) is 3.69. The minimum Gasteiger partial charge on any atom is -0.347 e. The van der Waals surface area contributed by atoms with Gasteiger partial charge in [0.2, 0.25) is 5.13 Å². The molecule has 0 bridgehead atoms. The molecule has 7 heteroatoms. The molecule has 0 spiro atoms. The molecule has 26 heavy (non-hydrogen) atoms.